The molecular weight excluding hydrogens is 258 g/mol. The van der Waals surface area contributed by atoms with Crippen LogP contribution >= 0.6 is 11.8 Å². The standard InChI is InChI=1S/C11H9NO5S/c1-2-18-10-7-5-6(12(15)16)3-4-8(7)17-9(10)11(13)14/h3-5H,2H2,1H3,(H,13,14). The van der Waals surface area contributed by atoms with Gasteiger partial charge in [-0.2, -0.15) is 0 Å². The van der Waals surface area contributed by atoms with Gasteiger partial charge in [0, 0.05) is 17.5 Å². The van der Waals surface area contributed by atoms with Gasteiger partial charge in [-0.05, 0) is 11.8 Å². The molecule has 0 aliphatic heterocycles. The maximum atomic E-state index is 11.0. The maximum Gasteiger partial charge on any atom is 0.373 e. The number of nitro benzene ring substituents is 1. The van der Waals surface area contributed by atoms with Crippen molar-refractivity contribution in [3.8, 4) is 0 Å². The van der Waals surface area contributed by atoms with Crippen LogP contribution in [0.1, 0.15) is 17.5 Å². The lowest BCUT2D eigenvalue weighted by molar-refractivity contribution is -0.384. The first-order valence-electron chi connectivity index (χ1n) is 5.11. The van der Waals surface area contributed by atoms with Crippen LogP contribution in [-0.2, 0) is 0 Å². The minimum absolute atomic E-state index is 0.0850. The van der Waals surface area contributed by atoms with E-state index in [1.165, 1.54) is 30.0 Å². The first-order chi connectivity index (χ1) is 8.54. The van der Waals surface area contributed by atoms with Gasteiger partial charge in [0.25, 0.3) is 5.69 Å². The van der Waals surface area contributed by atoms with Gasteiger partial charge in [-0.1, -0.05) is 6.92 Å². The third kappa shape index (κ3) is 2.04. The normalized spacial score (nSPS) is 10.7. The van der Waals surface area contributed by atoms with Crippen molar-refractivity contribution in [1.29, 1.82) is 0 Å². The van der Waals surface area contributed by atoms with Crippen molar-refractivity contribution in [2.45, 2.75) is 11.8 Å². The van der Waals surface area contributed by atoms with Crippen molar-refractivity contribution in [3.05, 3.63) is 34.1 Å². The minimum atomic E-state index is -1.18. The highest BCUT2D eigenvalue weighted by Crippen LogP contribution is 2.36. The SMILES string of the molecule is CCSc1c(C(=O)O)oc2ccc([N+](=O)[O-])cc12. The van der Waals surface area contributed by atoms with Crippen molar-refractivity contribution >= 4 is 34.4 Å². The van der Waals surface area contributed by atoms with Crippen LogP contribution in [-0.4, -0.2) is 21.8 Å². The van der Waals surface area contributed by atoms with E-state index in [0.29, 0.717) is 21.6 Å². The van der Waals surface area contributed by atoms with Crippen molar-refractivity contribution in [2.24, 2.45) is 0 Å². The number of rotatable bonds is 4. The number of carbonyl (C=O) groups is 1. The first-order valence-corrected chi connectivity index (χ1v) is 6.10. The van der Waals surface area contributed by atoms with Crippen LogP contribution in [0.25, 0.3) is 11.0 Å². The van der Waals surface area contributed by atoms with Gasteiger partial charge < -0.3 is 9.52 Å². The molecule has 94 valence electrons. The zero-order chi connectivity index (χ0) is 13.3. The smallest absolute Gasteiger partial charge is 0.373 e. The quantitative estimate of drug-likeness (QED) is 0.519. The van der Waals surface area contributed by atoms with E-state index in [1.807, 2.05) is 6.92 Å². The summed E-state index contributed by atoms with van der Waals surface area (Å²) in [5.41, 5.74) is 0.257. The molecule has 1 aromatic carbocycles. The molecule has 7 heteroatoms. The molecule has 0 saturated carbocycles. The molecule has 2 aromatic rings. The molecule has 0 aliphatic rings. The molecule has 0 amide bonds. The number of nitrogens with zero attached hydrogens (tertiary/aromatic N) is 1. The number of carboxylic acids is 1. The Morgan fingerprint density at radius 1 is 1.56 bits per heavy atom. The number of aromatic carboxylic acids is 1. The predicted octanol–water partition coefficient (Wildman–Crippen LogP) is 3.15. The van der Waals surface area contributed by atoms with E-state index in [9.17, 15) is 14.9 Å². The van der Waals surface area contributed by atoms with E-state index in [1.54, 1.807) is 0 Å². The number of carboxylic acid groups (broad SMARTS) is 1. The molecule has 0 fully saturated rings. The number of benzene rings is 1. The van der Waals surface area contributed by atoms with Crippen LogP contribution in [0.3, 0.4) is 0 Å². The van der Waals surface area contributed by atoms with Crippen molar-refractivity contribution < 1.29 is 19.2 Å². The van der Waals surface area contributed by atoms with Crippen LogP contribution in [0.5, 0.6) is 0 Å². The zero-order valence-electron chi connectivity index (χ0n) is 9.37. The number of non-ortho nitro benzene ring substituents is 1. The molecule has 0 radical (unpaired) electrons. The average molecular weight is 267 g/mol. The van der Waals surface area contributed by atoms with Crippen LogP contribution in [0.15, 0.2) is 27.5 Å². The molecule has 0 spiro atoms. The van der Waals surface area contributed by atoms with Gasteiger partial charge in [0.2, 0.25) is 5.76 Å². The van der Waals surface area contributed by atoms with E-state index in [2.05, 4.69) is 0 Å². The van der Waals surface area contributed by atoms with Crippen molar-refractivity contribution in [2.75, 3.05) is 5.75 Å². The average Bonchev–Trinajstić information content (AvgIpc) is 2.68. The Morgan fingerprint density at radius 2 is 2.28 bits per heavy atom. The summed E-state index contributed by atoms with van der Waals surface area (Å²) in [5, 5.41) is 20.2. The molecule has 2 rings (SSSR count). The van der Waals surface area contributed by atoms with Crippen LogP contribution in [0.2, 0.25) is 0 Å². The van der Waals surface area contributed by atoms with Gasteiger partial charge in [0.1, 0.15) is 5.58 Å². The summed E-state index contributed by atoms with van der Waals surface area (Å²) in [6, 6.07) is 4.04. The van der Waals surface area contributed by atoms with Gasteiger partial charge in [-0.15, -0.1) is 11.8 Å². The van der Waals surface area contributed by atoms with E-state index >= 15 is 0 Å². The third-order valence-corrected chi connectivity index (χ3v) is 3.30. The minimum Gasteiger partial charge on any atom is -0.475 e. The Bertz CT molecular complexity index is 634. The molecule has 1 heterocycles. The van der Waals surface area contributed by atoms with Crippen LogP contribution in [0, 0.1) is 10.1 Å². The van der Waals surface area contributed by atoms with E-state index in [-0.39, 0.29) is 11.4 Å². The van der Waals surface area contributed by atoms with E-state index < -0.39 is 10.9 Å². The summed E-state index contributed by atoms with van der Waals surface area (Å²) in [4.78, 5) is 21.7. The fourth-order valence-corrected chi connectivity index (χ4v) is 2.47. The van der Waals surface area contributed by atoms with Gasteiger partial charge in [0.15, 0.2) is 0 Å². The summed E-state index contributed by atoms with van der Waals surface area (Å²) in [6.45, 7) is 1.87. The van der Waals surface area contributed by atoms with Crippen molar-refractivity contribution in [3.63, 3.8) is 0 Å². The highest BCUT2D eigenvalue weighted by Gasteiger charge is 2.21. The summed E-state index contributed by atoms with van der Waals surface area (Å²) < 4.78 is 5.20. The topological polar surface area (TPSA) is 93.6 Å². The van der Waals surface area contributed by atoms with Crippen LogP contribution in [0.4, 0.5) is 5.69 Å². The fraction of sp³-hybridized carbons (Fsp3) is 0.182. The van der Waals surface area contributed by atoms with Gasteiger partial charge in [0.05, 0.1) is 9.82 Å². The lowest BCUT2D eigenvalue weighted by Gasteiger charge is -1.96. The molecule has 0 atom stereocenters. The number of hydrogen-bond donors (Lipinski definition) is 1. The number of thioether (sulfide) groups is 1. The van der Waals surface area contributed by atoms with E-state index in [4.69, 9.17) is 9.52 Å². The number of fused-ring (bicyclic) bond motifs is 1. The molecular formula is C11H9NO5S. The van der Waals surface area contributed by atoms with Crippen LogP contribution < -0.4 is 0 Å². The Balaban J connectivity index is 2.71. The third-order valence-electron chi connectivity index (χ3n) is 2.32. The van der Waals surface area contributed by atoms with Gasteiger partial charge in [-0.3, -0.25) is 10.1 Å². The predicted molar refractivity (Wildman–Crippen MR) is 66.2 cm³/mol. The fourth-order valence-electron chi connectivity index (χ4n) is 1.61. The maximum absolute atomic E-state index is 11.0. The Kier molecular flexibility index (Phi) is 3.24. The molecule has 0 saturated heterocycles. The molecule has 0 bridgehead atoms. The van der Waals surface area contributed by atoms with Crippen molar-refractivity contribution in [1.82, 2.24) is 0 Å². The molecule has 0 aliphatic carbocycles. The molecule has 6 nitrogen and oxygen atoms in total. The second kappa shape index (κ2) is 4.69. The Hall–Kier alpha value is -2.02. The first kappa shape index (κ1) is 12.4. The lowest BCUT2D eigenvalue weighted by atomic mass is 10.2. The monoisotopic (exact) mass is 267 g/mol. The second-order valence-corrected chi connectivity index (χ2v) is 4.71. The second-order valence-electron chi connectivity index (χ2n) is 3.44. The van der Waals surface area contributed by atoms with E-state index in [0.717, 1.165) is 0 Å². The molecule has 1 N–H and O–H groups in total. The Labute approximate surface area is 106 Å². The summed E-state index contributed by atoms with van der Waals surface area (Å²) in [7, 11) is 0. The van der Waals surface area contributed by atoms with Gasteiger partial charge >= 0.3 is 5.97 Å². The highest BCUT2D eigenvalue weighted by molar-refractivity contribution is 7.99. The number of nitro groups is 1. The molecule has 0 unspecified atom stereocenters. The Morgan fingerprint density at radius 3 is 2.83 bits per heavy atom. The number of hydrogen-bond acceptors (Lipinski definition) is 5. The largest absolute Gasteiger partial charge is 0.475 e. The lowest BCUT2D eigenvalue weighted by Crippen LogP contribution is -1.95. The van der Waals surface area contributed by atoms with Gasteiger partial charge in [-0.25, -0.2) is 4.79 Å². The molecule has 1 aromatic heterocycles. The zero-order valence-corrected chi connectivity index (χ0v) is 10.2. The number of furan rings is 1. The summed E-state index contributed by atoms with van der Waals surface area (Å²) >= 11 is 1.29. The summed E-state index contributed by atoms with van der Waals surface area (Å²) in [5.74, 6) is -0.695. The summed E-state index contributed by atoms with van der Waals surface area (Å²) in [6.07, 6.45) is 0. The molecule has 18 heavy (non-hydrogen) atoms. The highest BCUT2D eigenvalue weighted by atomic mass is 32.2.